The Morgan fingerprint density at radius 1 is 1.57 bits per heavy atom. The molecule has 0 radical (unpaired) electrons. The first-order chi connectivity index (χ1) is 10.1. The summed E-state index contributed by atoms with van der Waals surface area (Å²) in [5.74, 6) is -0.902. The van der Waals surface area contributed by atoms with Crippen LogP contribution in [0.1, 0.15) is 6.92 Å². The van der Waals surface area contributed by atoms with E-state index < -0.39 is 5.97 Å². The fraction of sp³-hybridized carbons (Fsp3) is 0.357. The zero-order valence-electron chi connectivity index (χ0n) is 11.8. The number of hydrogen-bond donors (Lipinski definition) is 1. The Hall–Kier alpha value is -1.86. The number of ether oxygens (including phenoxy) is 1. The maximum Gasteiger partial charge on any atom is 0.313 e. The van der Waals surface area contributed by atoms with Crippen LogP contribution in [0.25, 0.3) is 11.2 Å². The molecule has 0 amide bonds. The molecule has 0 saturated carbocycles. The van der Waals surface area contributed by atoms with Gasteiger partial charge in [0.15, 0.2) is 10.8 Å². The van der Waals surface area contributed by atoms with E-state index >= 15 is 0 Å². The molecule has 0 atom stereocenters. The predicted molar refractivity (Wildman–Crippen MR) is 81.5 cm³/mol. The molecule has 0 aliphatic heterocycles. The van der Waals surface area contributed by atoms with Crippen LogP contribution in [0.5, 0.6) is 0 Å². The second kappa shape index (κ2) is 7.24. The van der Waals surface area contributed by atoms with E-state index in [4.69, 9.17) is 9.84 Å². The van der Waals surface area contributed by atoms with E-state index in [1.807, 2.05) is 23.6 Å². The molecule has 2 aromatic rings. The molecule has 0 aliphatic rings. The maximum atomic E-state index is 10.7. The summed E-state index contributed by atoms with van der Waals surface area (Å²) in [7, 11) is 0. The lowest BCUT2D eigenvalue weighted by Gasteiger charge is -2.08. The molecule has 0 spiro atoms. The van der Waals surface area contributed by atoms with E-state index in [9.17, 15) is 4.79 Å². The lowest BCUT2D eigenvalue weighted by Crippen LogP contribution is -2.09. The summed E-state index contributed by atoms with van der Waals surface area (Å²) in [6.07, 6.45) is 1.70. The highest BCUT2D eigenvalue weighted by Gasteiger charge is 2.13. The minimum atomic E-state index is -0.870. The lowest BCUT2D eigenvalue weighted by atomic mass is 10.4. The molecule has 7 heteroatoms. The summed E-state index contributed by atoms with van der Waals surface area (Å²) in [5, 5.41) is 9.45. The Balaban J connectivity index is 2.15. The van der Waals surface area contributed by atoms with Crippen molar-refractivity contribution in [2.45, 2.75) is 18.6 Å². The van der Waals surface area contributed by atoms with E-state index in [0.717, 1.165) is 16.7 Å². The molecule has 21 heavy (non-hydrogen) atoms. The van der Waals surface area contributed by atoms with Crippen molar-refractivity contribution in [3.8, 4) is 0 Å². The molecule has 2 heterocycles. The van der Waals surface area contributed by atoms with Gasteiger partial charge in [0.2, 0.25) is 0 Å². The molecule has 6 nitrogen and oxygen atoms in total. The van der Waals surface area contributed by atoms with E-state index in [2.05, 4.69) is 16.5 Å². The van der Waals surface area contributed by atoms with Gasteiger partial charge in [0.1, 0.15) is 5.52 Å². The average Bonchev–Trinajstić information content (AvgIpc) is 2.79. The minimum absolute atomic E-state index is 0.0318. The van der Waals surface area contributed by atoms with Crippen molar-refractivity contribution in [3.05, 3.63) is 30.5 Å². The van der Waals surface area contributed by atoms with Gasteiger partial charge in [-0.1, -0.05) is 23.9 Å². The van der Waals surface area contributed by atoms with Crippen molar-refractivity contribution >= 4 is 28.9 Å². The number of carboxylic acid groups (broad SMARTS) is 1. The van der Waals surface area contributed by atoms with Gasteiger partial charge in [-0.2, -0.15) is 0 Å². The Morgan fingerprint density at radius 2 is 2.38 bits per heavy atom. The van der Waals surface area contributed by atoms with Gasteiger partial charge in [0.05, 0.1) is 25.5 Å². The van der Waals surface area contributed by atoms with Crippen LogP contribution in [0.3, 0.4) is 0 Å². The molecule has 0 saturated heterocycles. The van der Waals surface area contributed by atoms with Gasteiger partial charge in [-0.15, -0.1) is 0 Å². The molecular weight excluding hydrogens is 290 g/mol. The second-order valence-corrected chi connectivity index (χ2v) is 5.53. The van der Waals surface area contributed by atoms with Crippen LogP contribution in [0.15, 0.2) is 35.6 Å². The third-order valence-electron chi connectivity index (χ3n) is 2.60. The van der Waals surface area contributed by atoms with E-state index in [1.54, 1.807) is 6.20 Å². The fourth-order valence-electron chi connectivity index (χ4n) is 1.78. The topological polar surface area (TPSA) is 77.2 Å². The van der Waals surface area contributed by atoms with Gasteiger partial charge in [-0.25, -0.2) is 9.97 Å². The number of rotatable bonds is 8. The first-order valence-corrected chi connectivity index (χ1v) is 7.44. The van der Waals surface area contributed by atoms with Crippen molar-refractivity contribution in [2.75, 3.05) is 19.0 Å². The molecule has 2 rings (SSSR count). The number of thioether (sulfide) groups is 1. The molecule has 2 aromatic heterocycles. The smallest absolute Gasteiger partial charge is 0.313 e. The number of pyridine rings is 1. The fourth-order valence-corrected chi connectivity index (χ4v) is 2.53. The van der Waals surface area contributed by atoms with Gasteiger partial charge < -0.3 is 14.4 Å². The van der Waals surface area contributed by atoms with Gasteiger partial charge in [-0.3, -0.25) is 4.79 Å². The van der Waals surface area contributed by atoms with Crippen LogP contribution in [-0.2, 0) is 16.1 Å². The number of aliphatic carboxylic acids is 1. The van der Waals surface area contributed by atoms with Crippen LogP contribution < -0.4 is 0 Å². The average molecular weight is 307 g/mol. The van der Waals surface area contributed by atoms with Crippen LogP contribution in [0.2, 0.25) is 0 Å². The van der Waals surface area contributed by atoms with Crippen molar-refractivity contribution < 1.29 is 14.6 Å². The van der Waals surface area contributed by atoms with Crippen LogP contribution >= 0.6 is 11.8 Å². The number of aromatic nitrogens is 3. The summed E-state index contributed by atoms with van der Waals surface area (Å²) in [4.78, 5) is 19.5. The predicted octanol–water partition coefficient (Wildman–Crippen LogP) is 2.20. The highest BCUT2D eigenvalue weighted by molar-refractivity contribution is 7.99. The normalized spacial score (nSPS) is 10.9. The molecule has 0 aliphatic carbocycles. The molecule has 112 valence electrons. The molecule has 0 fully saturated rings. The van der Waals surface area contributed by atoms with Gasteiger partial charge in [0.25, 0.3) is 0 Å². The zero-order chi connectivity index (χ0) is 15.2. The Bertz CT molecular complexity index is 654. The largest absolute Gasteiger partial charge is 0.481 e. The number of carbonyl (C=O) groups is 1. The summed E-state index contributed by atoms with van der Waals surface area (Å²) in [6.45, 7) is 7.26. The van der Waals surface area contributed by atoms with E-state index in [1.165, 1.54) is 11.8 Å². The first-order valence-electron chi connectivity index (χ1n) is 6.46. The quantitative estimate of drug-likeness (QED) is 0.458. The lowest BCUT2D eigenvalue weighted by molar-refractivity contribution is -0.133. The van der Waals surface area contributed by atoms with Crippen molar-refractivity contribution in [1.29, 1.82) is 0 Å². The second-order valence-electron chi connectivity index (χ2n) is 4.58. The summed E-state index contributed by atoms with van der Waals surface area (Å²) in [6, 6.07) is 3.67. The molecule has 0 aromatic carbocycles. The standard InChI is InChI=1S/C14H17N3O3S/c1-10(2)8-20-7-6-17-13-11(4-3-5-15-13)16-14(17)21-9-12(18)19/h3-5H,1,6-9H2,2H3,(H,18,19). The number of carboxylic acids is 1. The molecule has 0 unspecified atom stereocenters. The molecular formula is C14H17N3O3S. The Labute approximate surface area is 126 Å². The number of fused-ring (bicyclic) bond motifs is 1. The van der Waals surface area contributed by atoms with Gasteiger partial charge in [-0.05, 0) is 19.1 Å². The maximum absolute atomic E-state index is 10.7. The SMILES string of the molecule is C=C(C)COCCn1c(SCC(=O)O)nc2cccnc21. The van der Waals surface area contributed by atoms with Gasteiger partial charge >= 0.3 is 5.97 Å². The zero-order valence-corrected chi connectivity index (χ0v) is 12.6. The summed E-state index contributed by atoms with van der Waals surface area (Å²) < 4.78 is 7.39. The number of hydrogen-bond acceptors (Lipinski definition) is 5. The number of nitrogens with zero attached hydrogens (tertiary/aromatic N) is 3. The van der Waals surface area contributed by atoms with Crippen molar-refractivity contribution in [2.24, 2.45) is 0 Å². The summed E-state index contributed by atoms with van der Waals surface area (Å²) in [5.41, 5.74) is 2.46. The molecule has 1 N–H and O–H groups in total. The van der Waals surface area contributed by atoms with Crippen molar-refractivity contribution in [3.63, 3.8) is 0 Å². The van der Waals surface area contributed by atoms with Crippen LogP contribution in [-0.4, -0.2) is 44.6 Å². The highest BCUT2D eigenvalue weighted by Crippen LogP contribution is 2.22. The van der Waals surface area contributed by atoms with Crippen molar-refractivity contribution in [1.82, 2.24) is 14.5 Å². The molecule has 0 bridgehead atoms. The minimum Gasteiger partial charge on any atom is -0.481 e. The van der Waals surface area contributed by atoms with Gasteiger partial charge in [0, 0.05) is 6.20 Å². The monoisotopic (exact) mass is 307 g/mol. The van der Waals surface area contributed by atoms with E-state index in [0.29, 0.717) is 24.9 Å². The number of imidazole rings is 1. The first kappa shape index (κ1) is 15.5. The Morgan fingerprint density at radius 3 is 3.10 bits per heavy atom. The highest BCUT2D eigenvalue weighted by atomic mass is 32.2. The Kier molecular flexibility index (Phi) is 5.35. The van der Waals surface area contributed by atoms with Crippen LogP contribution in [0.4, 0.5) is 0 Å². The summed E-state index contributed by atoms with van der Waals surface area (Å²) >= 11 is 1.18. The third kappa shape index (κ3) is 4.30. The van der Waals surface area contributed by atoms with E-state index in [-0.39, 0.29) is 5.75 Å². The van der Waals surface area contributed by atoms with Crippen LogP contribution in [0, 0.1) is 0 Å². The third-order valence-corrected chi connectivity index (χ3v) is 3.56.